The molecule has 0 aliphatic heterocycles. The molecular weight excluding hydrogens is 230 g/mol. The number of carbonyl (C=O) groups is 1. The summed E-state index contributed by atoms with van der Waals surface area (Å²) in [6, 6.07) is 6.89. The van der Waals surface area contributed by atoms with Crippen LogP contribution in [0.4, 0.5) is 0 Å². The highest BCUT2D eigenvalue weighted by Gasteiger charge is 2.14. The Morgan fingerprint density at radius 1 is 1.33 bits per heavy atom. The Kier molecular flexibility index (Phi) is 6.22. The van der Waals surface area contributed by atoms with Gasteiger partial charge in [0.2, 0.25) is 0 Å². The van der Waals surface area contributed by atoms with Crippen LogP contribution in [0.3, 0.4) is 0 Å². The molecule has 100 valence electrons. The normalized spacial score (nSPS) is 11.9. The van der Waals surface area contributed by atoms with Gasteiger partial charge in [0.05, 0.1) is 7.11 Å². The molecule has 0 saturated heterocycles. The van der Waals surface area contributed by atoms with Crippen LogP contribution in [-0.2, 0) is 16.1 Å². The number of benzene rings is 1. The average molecular weight is 251 g/mol. The van der Waals surface area contributed by atoms with Crippen molar-refractivity contribution in [3.63, 3.8) is 0 Å². The number of hydrogen-bond acceptors (Lipinski definition) is 4. The highest BCUT2D eigenvalue weighted by Crippen LogP contribution is 2.12. The van der Waals surface area contributed by atoms with Gasteiger partial charge < -0.3 is 15.2 Å². The topological polar surface area (TPSA) is 61.6 Å². The number of esters is 1. The predicted octanol–water partition coefficient (Wildman–Crippen LogP) is 2.26. The summed E-state index contributed by atoms with van der Waals surface area (Å²) in [6.45, 7) is 2.32. The van der Waals surface area contributed by atoms with Crippen molar-refractivity contribution in [2.75, 3.05) is 7.11 Å². The Labute approximate surface area is 108 Å². The molecule has 1 unspecified atom stereocenters. The van der Waals surface area contributed by atoms with Crippen LogP contribution < -0.4 is 10.5 Å². The molecule has 0 heterocycles. The van der Waals surface area contributed by atoms with E-state index < -0.39 is 6.04 Å². The van der Waals surface area contributed by atoms with E-state index in [1.54, 1.807) is 7.11 Å². The lowest BCUT2D eigenvalue weighted by Crippen LogP contribution is -2.32. The zero-order valence-electron chi connectivity index (χ0n) is 11.0. The molecule has 4 heteroatoms. The fourth-order valence-electron chi connectivity index (χ4n) is 1.53. The number of nitrogens with two attached hydrogens (primary N) is 1. The van der Waals surface area contributed by atoms with Gasteiger partial charge in [-0.05, 0) is 24.1 Å². The van der Waals surface area contributed by atoms with Gasteiger partial charge in [-0.15, -0.1) is 0 Å². The van der Waals surface area contributed by atoms with Gasteiger partial charge in [-0.25, -0.2) is 0 Å². The predicted molar refractivity (Wildman–Crippen MR) is 70.3 cm³/mol. The second-order valence-electron chi connectivity index (χ2n) is 4.20. The Morgan fingerprint density at radius 3 is 2.56 bits per heavy atom. The molecule has 0 spiro atoms. The van der Waals surface area contributed by atoms with E-state index in [4.69, 9.17) is 15.2 Å². The standard InChI is InChI=1S/C14H21NO3/c1-3-4-5-13(15)14(16)18-10-11-6-8-12(17-2)9-7-11/h6-9,13H,3-5,10,15H2,1-2H3. The molecule has 1 atom stereocenters. The molecule has 0 aliphatic carbocycles. The number of rotatable bonds is 7. The zero-order valence-corrected chi connectivity index (χ0v) is 11.0. The lowest BCUT2D eigenvalue weighted by Gasteiger charge is -2.11. The van der Waals surface area contributed by atoms with Crippen LogP contribution in [0.2, 0.25) is 0 Å². The molecule has 0 aliphatic rings. The zero-order chi connectivity index (χ0) is 13.4. The van der Waals surface area contributed by atoms with Crippen LogP contribution in [0.25, 0.3) is 0 Å². The molecule has 2 N–H and O–H groups in total. The van der Waals surface area contributed by atoms with Gasteiger partial charge in [0, 0.05) is 0 Å². The van der Waals surface area contributed by atoms with Gasteiger partial charge >= 0.3 is 5.97 Å². The summed E-state index contributed by atoms with van der Waals surface area (Å²) in [4.78, 5) is 11.6. The molecule has 0 radical (unpaired) electrons. The highest BCUT2D eigenvalue weighted by molar-refractivity contribution is 5.75. The summed E-state index contributed by atoms with van der Waals surface area (Å²) < 4.78 is 10.2. The molecule has 1 rings (SSSR count). The molecule has 0 bridgehead atoms. The monoisotopic (exact) mass is 251 g/mol. The van der Waals surface area contributed by atoms with E-state index >= 15 is 0 Å². The number of carbonyl (C=O) groups excluding carboxylic acids is 1. The van der Waals surface area contributed by atoms with Crippen molar-refractivity contribution in [2.45, 2.75) is 38.8 Å². The lowest BCUT2D eigenvalue weighted by molar-refractivity contribution is -0.146. The van der Waals surface area contributed by atoms with Crippen LogP contribution in [0.1, 0.15) is 31.7 Å². The first kappa shape index (κ1) is 14.5. The molecule has 1 aromatic rings. The van der Waals surface area contributed by atoms with Gasteiger partial charge in [-0.3, -0.25) is 4.79 Å². The number of hydrogen-bond donors (Lipinski definition) is 1. The number of ether oxygens (including phenoxy) is 2. The smallest absolute Gasteiger partial charge is 0.323 e. The third kappa shape index (κ3) is 4.75. The van der Waals surface area contributed by atoms with Crippen LogP contribution in [0, 0.1) is 0 Å². The van der Waals surface area contributed by atoms with Crippen molar-refractivity contribution in [2.24, 2.45) is 5.73 Å². The Morgan fingerprint density at radius 2 is 2.00 bits per heavy atom. The molecule has 4 nitrogen and oxygen atoms in total. The van der Waals surface area contributed by atoms with Crippen molar-refractivity contribution < 1.29 is 14.3 Å². The maximum atomic E-state index is 11.6. The molecule has 0 fully saturated rings. The van der Waals surface area contributed by atoms with Crippen molar-refractivity contribution in [1.29, 1.82) is 0 Å². The van der Waals surface area contributed by atoms with E-state index in [0.717, 1.165) is 24.2 Å². The summed E-state index contributed by atoms with van der Waals surface area (Å²) in [5, 5.41) is 0. The third-order valence-corrected chi connectivity index (χ3v) is 2.71. The molecule has 0 aromatic heterocycles. The lowest BCUT2D eigenvalue weighted by atomic mass is 10.1. The molecule has 0 amide bonds. The average Bonchev–Trinajstić information content (AvgIpc) is 2.42. The fraction of sp³-hybridized carbons (Fsp3) is 0.500. The minimum Gasteiger partial charge on any atom is -0.497 e. The molecule has 18 heavy (non-hydrogen) atoms. The summed E-state index contributed by atoms with van der Waals surface area (Å²) in [5.74, 6) is 0.448. The summed E-state index contributed by atoms with van der Waals surface area (Å²) >= 11 is 0. The fourth-order valence-corrected chi connectivity index (χ4v) is 1.53. The van der Waals surface area contributed by atoms with Crippen molar-refractivity contribution >= 4 is 5.97 Å². The summed E-state index contributed by atoms with van der Waals surface area (Å²) in [7, 11) is 1.61. The van der Waals surface area contributed by atoms with Gasteiger partial charge in [0.1, 0.15) is 18.4 Å². The second kappa shape index (κ2) is 7.71. The van der Waals surface area contributed by atoms with Gasteiger partial charge in [-0.2, -0.15) is 0 Å². The first-order chi connectivity index (χ1) is 8.67. The van der Waals surface area contributed by atoms with E-state index in [0.29, 0.717) is 6.42 Å². The van der Waals surface area contributed by atoms with E-state index in [9.17, 15) is 4.79 Å². The summed E-state index contributed by atoms with van der Waals surface area (Å²) in [6.07, 6.45) is 2.65. The quantitative estimate of drug-likeness (QED) is 0.755. The molecular formula is C14H21NO3. The largest absolute Gasteiger partial charge is 0.497 e. The van der Waals surface area contributed by atoms with Crippen molar-refractivity contribution in [1.82, 2.24) is 0 Å². The first-order valence-corrected chi connectivity index (χ1v) is 6.22. The van der Waals surface area contributed by atoms with Crippen LogP contribution in [0.15, 0.2) is 24.3 Å². The van der Waals surface area contributed by atoms with E-state index in [-0.39, 0.29) is 12.6 Å². The SMILES string of the molecule is CCCCC(N)C(=O)OCc1ccc(OC)cc1. The Balaban J connectivity index is 2.37. The van der Waals surface area contributed by atoms with Crippen LogP contribution in [0.5, 0.6) is 5.75 Å². The molecule has 0 saturated carbocycles. The number of unbranched alkanes of at least 4 members (excludes halogenated alkanes) is 1. The van der Waals surface area contributed by atoms with Crippen molar-refractivity contribution in [3.8, 4) is 5.75 Å². The maximum absolute atomic E-state index is 11.6. The summed E-state index contributed by atoms with van der Waals surface area (Å²) in [5.41, 5.74) is 6.64. The van der Waals surface area contributed by atoms with Gasteiger partial charge in [0.25, 0.3) is 0 Å². The van der Waals surface area contributed by atoms with Crippen LogP contribution >= 0.6 is 0 Å². The van der Waals surface area contributed by atoms with E-state index in [1.165, 1.54) is 0 Å². The highest BCUT2D eigenvalue weighted by atomic mass is 16.5. The molecule has 1 aromatic carbocycles. The van der Waals surface area contributed by atoms with E-state index in [1.807, 2.05) is 24.3 Å². The first-order valence-electron chi connectivity index (χ1n) is 6.22. The van der Waals surface area contributed by atoms with E-state index in [2.05, 4.69) is 6.92 Å². The van der Waals surface area contributed by atoms with Crippen LogP contribution in [-0.4, -0.2) is 19.1 Å². The minimum absolute atomic E-state index is 0.253. The van der Waals surface area contributed by atoms with Gasteiger partial charge in [-0.1, -0.05) is 31.9 Å². The Bertz CT molecular complexity index is 362. The Hall–Kier alpha value is -1.55. The van der Waals surface area contributed by atoms with Gasteiger partial charge in [0.15, 0.2) is 0 Å². The van der Waals surface area contributed by atoms with Crippen molar-refractivity contribution in [3.05, 3.63) is 29.8 Å². The minimum atomic E-state index is -0.511. The second-order valence-corrected chi connectivity index (χ2v) is 4.20. The third-order valence-electron chi connectivity index (χ3n) is 2.71. The number of methoxy groups -OCH3 is 1. The maximum Gasteiger partial charge on any atom is 0.323 e.